The van der Waals surface area contributed by atoms with E-state index in [2.05, 4.69) is 19.2 Å². The Hall–Kier alpha value is -0.530. The second-order valence-corrected chi connectivity index (χ2v) is 4.89. The number of amides is 1. The molecule has 0 aliphatic heterocycles. The van der Waals surface area contributed by atoms with E-state index in [0.29, 0.717) is 6.04 Å². The number of unbranched alkanes of at least 4 members (excludes halogenated alkanes) is 3. The standard InChI is InChI=1S/C13H25NO/c1-3-4-5-6-8-11(2)13(15)14-12-9-7-10-12/h11-12H,3-10H2,1-2H3,(H,14,15). The molecule has 1 N–H and O–H groups in total. The average Bonchev–Trinajstić information content (AvgIpc) is 2.17. The Balaban J connectivity index is 2.03. The first-order valence-corrected chi connectivity index (χ1v) is 6.54. The maximum atomic E-state index is 11.7. The van der Waals surface area contributed by atoms with Crippen LogP contribution in [0.15, 0.2) is 0 Å². The van der Waals surface area contributed by atoms with E-state index in [-0.39, 0.29) is 11.8 Å². The molecule has 0 aromatic heterocycles. The van der Waals surface area contributed by atoms with Gasteiger partial charge in [0.2, 0.25) is 5.91 Å². The lowest BCUT2D eigenvalue weighted by molar-refractivity contribution is -0.126. The molecule has 0 radical (unpaired) electrons. The van der Waals surface area contributed by atoms with Crippen molar-refractivity contribution in [1.29, 1.82) is 0 Å². The topological polar surface area (TPSA) is 29.1 Å². The fourth-order valence-electron chi connectivity index (χ4n) is 1.90. The zero-order valence-corrected chi connectivity index (χ0v) is 10.2. The van der Waals surface area contributed by atoms with Gasteiger partial charge in [0.1, 0.15) is 0 Å². The highest BCUT2D eigenvalue weighted by Gasteiger charge is 2.21. The van der Waals surface area contributed by atoms with Gasteiger partial charge in [-0.1, -0.05) is 39.5 Å². The molecule has 0 bridgehead atoms. The van der Waals surface area contributed by atoms with Crippen LogP contribution < -0.4 is 5.32 Å². The Labute approximate surface area is 93.8 Å². The minimum atomic E-state index is 0.211. The minimum absolute atomic E-state index is 0.211. The molecule has 88 valence electrons. The summed E-state index contributed by atoms with van der Waals surface area (Å²) in [5.41, 5.74) is 0. The van der Waals surface area contributed by atoms with Crippen LogP contribution in [-0.2, 0) is 4.79 Å². The van der Waals surface area contributed by atoms with E-state index in [1.54, 1.807) is 0 Å². The van der Waals surface area contributed by atoms with Crippen molar-refractivity contribution in [3.05, 3.63) is 0 Å². The highest BCUT2D eigenvalue weighted by atomic mass is 16.1. The Morgan fingerprint density at radius 1 is 1.33 bits per heavy atom. The van der Waals surface area contributed by atoms with Crippen LogP contribution in [0.1, 0.15) is 65.2 Å². The van der Waals surface area contributed by atoms with Crippen LogP contribution in [0.2, 0.25) is 0 Å². The van der Waals surface area contributed by atoms with Gasteiger partial charge in [-0.2, -0.15) is 0 Å². The quantitative estimate of drug-likeness (QED) is 0.643. The first-order valence-electron chi connectivity index (χ1n) is 6.54. The van der Waals surface area contributed by atoms with Crippen molar-refractivity contribution >= 4 is 5.91 Å². The molecular weight excluding hydrogens is 186 g/mol. The molecule has 1 aliphatic rings. The van der Waals surface area contributed by atoms with Crippen molar-refractivity contribution in [3.63, 3.8) is 0 Å². The highest BCUT2D eigenvalue weighted by molar-refractivity contribution is 5.78. The maximum Gasteiger partial charge on any atom is 0.223 e. The predicted molar refractivity (Wildman–Crippen MR) is 63.7 cm³/mol. The van der Waals surface area contributed by atoms with Crippen molar-refractivity contribution in [3.8, 4) is 0 Å². The molecule has 1 rings (SSSR count). The monoisotopic (exact) mass is 211 g/mol. The Bertz CT molecular complexity index is 187. The fourth-order valence-corrected chi connectivity index (χ4v) is 1.90. The smallest absolute Gasteiger partial charge is 0.223 e. The van der Waals surface area contributed by atoms with Crippen LogP contribution >= 0.6 is 0 Å². The van der Waals surface area contributed by atoms with Crippen molar-refractivity contribution in [2.24, 2.45) is 5.92 Å². The summed E-state index contributed by atoms with van der Waals surface area (Å²) in [5, 5.41) is 3.12. The Morgan fingerprint density at radius 2 is 2.07 bits per heavy atom. The normalized spacial score (nSPS) is 18.3. The molecule has 0 aromatic carbocycles. The minimum Gasteiger partial charge on any atom is -0.353 e. The number of rotatable bonds is 7. The molecule has 1 unspecified atom stereocenters. The van der Waals surface area contributed by atoms with E-state index in [1.807, 2.05) is 0 Å². The molecule has 0 spiro atoms. The van der Waals surface area contributed by atoms with E-state index in [1.165, 1.54) is 44.9 Å². The molecule has 1 fully saturated rings. The van der Waals surface area contributed by atoms with Gasteiger partial charge in [0.25, 0.3) is 0 Å². The molecule has 1 atom stereocenters. The lowest BCUT2D eigenvalue weighted by Gasteiger charge is -2.27. The van der Waals surface area contributed by atoms with Gasteiger partial charge in [0, 0.05) is 12.0 Å². The van der Waals surface area contributed by atoms with E-state index in [9.17, 15) is 4.79 Å². The molecule has 0 heterocycles. The van der Waals surface area contributed by atoms with Gasteiger partial charge in [-0.15, -0.1) is 0 Å². The number of carbonyl (C=O) groups excluding carboxylic acids is 1. The van der Waals surface area contributed by atoms with Crippen LogP contribution in [0.25, 0.3) is 0 Å². The van der Waals surface area contributed by atoms with Gasteiger partial charge < -0.3 is 5.32 Å². The van der Waals surface area contributed by atoms with Crippen molar-refractivity contribution in [1.82, 2.24) is 5.32 Å². The molecule has 1 saturated carbocycles. The lowest BCUT2D eigenvalue weighted by Crippen LogP contribution is -2.42. The summed E-state index contributed by atoms with van der Waals surface area (Å²) in [6.07, 6.45) is 9.77. The number of hydrogen-bond donors (Lipinski definition) is 1. The van der Waals surface area contributed by atoms with Gasteiger partial charge >= 0.3 is 0 Å². The van der Waals surface area contributed by atoms with Crippen molar-refractivity contribution in [2.45, 2.75) is 71.3 Å². The zero-order valence-electron chi connectivity index (χ0n) is 10.2. The fraction of sp³-hybridized carbons (Fsp3) is 0.923. The summed E-state index contributed by atoms with van der Waals surface area (Å²) >= 11 is 0. The molecule has 15 heavy (non-hydrogen) atoms. The maximum absolute atomic E-state index is 11.7. The third kappa shape index (κ3) is 4.67. The number of hydrogen-bond acceptors (Lipinski definition) is 1. The second kappa shape index (κ2) is 6.86. The summed E-state index contributed by atoms with van der Waals surface area (Å²) in [7, 11) is 0. The van der Waals surface area contributed by atoms with Crippen molar-refractivity contribution < 1.29 is 4.79 Å². The number of nitrogens with one attached hydrogen (secondary N) is 1. The van der Waals surface area contributed by atoms with Crippen LogP contribution in [0.4, 0.5) is 0 Å². The van der Waals surface area contributed by atoms with Crippen LogP contribution in [-0.4, -0.2) is 11.9 Å². The summed E-state index contributed by atoms with van der Waals surface area (Å²) in [5.74, 6) is 0.485. The third-order valence-electron chi connectivity index (χ3n) is 3.39. The predicted octanol–water partition coefficient (Wildman–Crippen LogP) is 3.26. The highest BCUT2D eigenvalue weighted by Crippen LogP contribution is 2.19. The first-order chi connectivity index (χ1) is 7.24. The van der Waals surface area contributed by atoms with Gasteiger partial charge in [-0.25, -0.2) is 0 Å². The first kappa shape index (κ1) is 12.5. The van der Waals surface area contributed by atoms with Gasteiger partial charge in [-0.3, -0.25) is 4.79 Å². The molecular formula is C13H25NO. The molecule has 1 aliphatic carbocycles. The van der Waals surface area contributed by atoms with E-state index in [4.69, 9.17) is 0 Å². The van der Waals surface area contributed by atoms with E-state index >= 15 is 0 Å². The zero-order chi connectivity index (χ0) is 11.1. The molecule has 2 heteroatoms. The van der Waals surface area contributed by atoms with E-state index in [0.717, 1.165) is 6.42 Å². The van der Waals surface area contributed by atoms with Crippen molar-refractivity contribution in [2.75, 3.05) is 0 Å². The van der Waals surface area contributed by atoms with Gasteiger partial charge in [0.05, 0.1) is 0 Å². The summed E-state index contributed by atoms with van der Waals surface area (Å²) in [4.78, 5) is 11.7. The summed E-state index contributed by atoms with van der Waals surface area (Å²) in [6.45, 7) is 4.27. The van der Waals surface area contributed by atoms with Crippen LogP contribution in [0.3, 0.4) is 0 Å². The Kier molecular flexibility index (Phi) is 5.74. The third-order valence-corrected chi connectivity index (χ3v) is 3.39. The lowest BCUT2D eigenvalue weighted by atomic mass is 9.92. The SMILES string of the molecule is CCCCCCC(C)C(=O)NC1CCC1. The van der Waals surface area contributed by atoms with E-state index < -0.39 is 0 Å². The molecule has 2 nitrogen and oxygen atoms in total. The van der Waals surface area contributed by atoms with Crippen LogP contribution in [0, 0.1) is 5.92 Å². The average molecular weight is 211 g/mol. The second-order valence-electron chi connectivity index (χ2n) is 4.89. The molecule has 0 aromatic rings. The van der Waals surface area contributed by atoms with Crippen LogP contribution in [0.5, 0.6) is 0 Å². The number of carbonyl (C=O) groups is 1. The van der Waals surface area contributed by atoms with Gasteiger partial charge in [-0.05, 0) is 25.7 Å². The van der Waals surface area contributed by atoms with Gasteiger partial charge in [0.15, 0.2) is 0 Å². The molecule has 0 saturated heterocycles. The summed E-state index contributed by atoms with van der Waals surface area (Å²) in [6, 6.07) is 0.496. The molecule has 1 amide bonds. The summed E-state index contributed by atoms with van der Waals surface area (Å²) < 4.78 is 0. The largest absolute Gasteiger partial charge is 0.353 e. The Morgan fingerprint density at radius 3 is 2.60 bits per heavy atom.